The summed E-state index contributed by atoms with van der Waals surface area (Å²) < 4.78 is 16.2. The molecular weight excluding hydrogens is 410 g/mol. The molecule has 1 saturated heterocycles. The lowest BCUT2D eigenvalue weighted by molar-refractivity contribution is -0.117. The molecule has 3 aromatic rings. The van der Waals surface area contributed by atoms with Gasteiger partial charge in [0.2, 0.25) is 12.7 Å². The predicted octanol–water partition coefficient (Wildman–Crippen LogP) is 3.30. The van der Waals surface area contributed by atoms with Crippen LogP contribution in [0, 0.1) is 13.8 Å². The number of rotatable bonds is 5. The lowest BCUT2D eigenvalue weighted by Crippen LogP contribution is -2.40. The van der Waals surface area contributed by atoms with Gasteiger partial charge in [-0.25, -0.2) is 9.97 Å². The molecule has 5 rings (SSSR count). The molecule has 166 valence electrons. The van der Waals surface area contributed by atoms with Crippen LogP contribution in [-0.4, -0.2) is 52.4 Å². The van der Waals surface area contributed by atoms with Crippen LogP contribution in [0.25, 0.3) is 11.3 Å². The standard InChI is InChI=1S/C23H25N5O4/c1-14-8-20(32-27-14)18-10-24-15(2)25-23(18)16-4-3-7-28(11-16)12-22(29)26-17-5-6-19-21(9-17)31-13-30-19/h5-6,8-10,16H,3-4,7,11-13H2,1-2H3,(H,26,29)/t16-/m1/s1. The summed E-state index contributed by atoms with van der Waals surface area (Å²) >= 11 is 0. The Kier molecular flexibility index (Phi) is 5.48. The molecule has 0 spiro atoms. The number of anilines is 1. The van der Waals surface area contributed by atoms with Crippen molar-refractivity contribution in [1.29, 1.82) is 0 Å². The Morgan fingerprint density at radius 3 is 2.94 bits per heavy atom. The highest BCUT2D eigenvalue weighted by Crippen LogP contribution is 2.35. The fourth-order valence-electron chi connectivity index (χ4n) is 4.28. The Hall–Kier alpha value is -3.46. The van der Waals surface area contributed by atoms with Crippen LogP contribution < -0.4 is 14.8 Å². The molecule has 0 aliphatic carbocycles. The van der Waals surface area contributed by atoms with E-state index in [0.717, 1.165) is 48.7 Å². The molecule has 32 heavy (non-hydrogen) atoms. The number of hydrogen-bond acceptors (Lipinski definition) is 8. The second-order valence-electron chi connectivity index (χ2n) is 8.24. The van der Waals surface area contributed by atoms with Crippen molar-refractivity contribution in [3.8, 4) is 22.8 Å². The van der Waals surface area contributed by atoms with Crippen LogP contribution in [0.3, 0.4) is 0 Å². The summed E-state index contributed by atoms with van der Waals surface area (Å²) in [6.07, 6.45) is 3.79. The first-order chi connectivity index (χ1) is 15.5. The van der Waals surface area contributed by atoms with Crippen LogP contribution in [0.5, 0.6) is 11.5 Å². The van der Waals surface area contributed by atoms with Crippen LogP contribution >= 0.6 is 0 Å². The fourth-order valence-corrected chi connectivity index (χ4v) is 4.28. The summed E-state index contributed by atoms with van der Waals surface area (Å²) in [5, 5.41) is 6.96. The number of carbonyl (C=O) groups excluding carboxylic acids is 1. The van der Waals surface area contributed by atoms with E-state index in [2.05, 4.69) is 20.4 Å². The van der Waals surface area contributed by atoms with Gasteiger partial charge in [0.05, 0.1) is 23.5 Å². The molecule has 1 aromatic carbocycles. The first-order valence-corrected chi connectivity index (χ1v) is 10.7. The number of nitrogens with one attached hydrogen (secondary N) is 1. The molecule has 9 nitrogen and oxygen atoms in total. The zero-order chi connectivity index (χ0) is 22.1. The third kappa shape index (κ3) is 4.29. The van der Waals surface area contributed by atoms with E-state index in [0.29, 0.717) is 29.5 Å². The molecule has 4 heterocycles. The molecule has 2 aliphatic rings. The zero-order valence-corrected chi connectivity index (χ0v) is 18.1. The van der Waals surface area contributed by atoms with E-state index in [9.17, 15) is 4.79 Å². The highest BCUT2D eigenvalue weighted by molar-refractivity contribution is 5.92. The van der Waals surface area contributed by atoms with Gasteiger partial charge >= 0.3 is 0 Å². The van der Waals surface area contributed by atoms with Gasteiger partial charge in [0.25, 0.3) is 0 Å². The van der Waals surface area contributed by atoms with Gasteiger partial charge in [0.15, 0.2) is 17.3 Å². The lowest BCUT2D eigenvalue weighted by Gasteiger charge is -2.32. The number of amides is 1. The molecule has 1 fully saturated rings. The monoisotopic (exact) mass is 435 g/mol. The minimum Gasteiger partial charge on any atom is -0.454 e. The maximum Gasteiger partial charge on any atom is 0.238 e. The van der Waals surface area contributed by atoms with E-state index < -0.39 is 0 Å². The smallest absolute Gasteiger partial charge is 0.238 e. The normalized spacial score (nSPS) is 18.0. The largest absolute Gasteiger partial charge is 0.454 e. The quantitative estimate of drug-likeness (QED) is 0.651. The van der Waals surface area contributed by atoms with E-state index in [1.54, 1.807) is 12.1 Å². The minimum absolute atomic E-state index is 0.0607. The first-order valence-electron chi connectivity index (χ1n) is 10.7. The van der Waals surface area contributed by atoms with Crippen molar-refractivity contribution in [2.45, 2.75) is 32.6 Å². The number of hydrogen-bond donors (Lipinski definition) is 1. The zero-order valence-electron chi connectivity index (χ0n) is 18.1. The highest BCUT2D eigenvalue weighted by atomic mass is 16.7. The number of benzene rings is 1. The van der Waals surface area contributed by atoms with E-state index in [1.165, 1.54) is 0 Å². The van der Waals surface area contributed by atoms with Gasteiger partial charge in [-0.2, -0.15) is 0 Å². The summed E-state index contributed by atoms with van der Waals surface area (Å²) in [5.74, 6) is 2.86. The Balaban J connectivity index is 1.28. The van der Waals surface area contributed by atoms with Crippen LogP contribution in [0.1, 0.15) is 36.0 Å². The maximum atomic E-state index is 12.7. The number of piperidine rings is 1. The fraction of sp³-hybridized carbons (Fsp3) is 0.391. The van der Waals surface area contributed by atoms with Gasteiger partial charge in [-0.15, -0.1) is 0 Å². The number of fused-ring (bicyclic) bond motifs is 1. The van der Waals surface area contributed by atoms with Crippen molar-refractivity contribution in [2.24, 2.45) is 0 Å². The van der Waals surface area contributed by atoms with Crippen molar-refractivity contribution in [3.63, 3.8) is 0 Å². The average molecular weight is 435 g/mol. The number of aryl methyl sites for hydroxylation is 2. The van der Waals surface area contributed by atoms with Crippen LogP contribution in [0.15, 0.2) is 35.0 Å². The molecule has 1 N–H and O–H groups in total. The minimum atomic E-state index is -0.0607. The molecule has 2 aromatic heterocycles. The van der Waals surface area contributed by atoms with Crippen molar-refractivity contribution >= 4 is 11.6 Å². The van der Waals surface area contributed by atoms with Crippen LogP contribution in [0.4, 0.5) is 5.69 Å². The number of nitrogens with zero attached hydrogens (tertiary/aromatic N) is 4. The lowest BCUT2D eigenvalue weighted by atomic mass is 9.91. The molecule has 0 bridgehead atoms. The number of ether oxygens (including phenoxy) is 2. The Labute approximate surface area is 185 Å². The summed E-state index contributed by atoms with van der Waals surface area (Å²) in [5.41, 5.74) is 3.33. The first kappa shape index (κ1) is 20.4. The third-order valence-electron chi connectivity index (χ3n) is 5.75. The third-order valence-corrected chi connectivity index (χ3v) is 5.75. The molecule has 1 amide bonds. The molecule has 0 unspecified atom stereocenters. The molecule has 2 aliphatic heterocycles. The second kappa shape index (κ2) is 8.58. The van der Waals surface area contributed by atoms with Gasteiger partial charge in [0, 0.05) is 36.5 Å². The highest BCUT2D eigenvalue weighted by Gasteiger charge is 2.27. The molecular formula is C23H25N5O4. The number of carbonyl (C=O) groups is 1. The van der Waals surface area contributed by atoms with E-state index in [1.807, 2.05) is 32.2 Å². The topological polar surface area (TPSA) is 103 Å². The number of aromatic nitrogens is 3. The second-order valence-corrected chi connectivity index (χ2v) is 8.24. The summed E-state index contributed by atoms with van der Waals surface area (Å²) in [4.78, 5) is 24.0. The van der Waals surface area contributed by atoms with Crippen LogP contribution in [0.2, 0.25) is 0 Å². The van der Waals surface area contributed by atoms with E-state index in [4.69, 9.17) is 19.0 Å². The van der Waals surface area contributed by atoms with Crippen molar-refractivity contribution in [3.05, 3.63) is 47.7 Å². The summed E-state index contributed by atoms with van der Waals surface area (Å²) in [6, 6.07) is 7.31. The molecule has 1 atom stereocenters. The van der Waals surface area contributed by atoms with Gasteiger partial charge in [-0.05, 0) is 45.4 Å². The van der Waals surface area contributed by atoms with Gasteiger partial charge in [-0.1, -0.05) is 5.16 Å². The summed E-state index contributed by atoms with van der Waals surface area (Å²) in [6.45, 7) is 5.91. The van der Waals surface area contributed by atoms with Gasteiger partial charge < -0.3 is 19.3 Å². The van der Waals surface area contributed by atoms with Crippen molar-refractivity contribution in [1.82, 2.24) is 20.0 Å². The van der Waals surface area contributed by atoms with Gasteiger partial charge in [-0.3, -0.25) is 9.69 Å². The van der Waals surface area contributed by atoms with E-state index >= 15 is 0 Å². The Morgan fingerprint density at radius 2 is 2.09 bits per heavy atom. The van der Waals surface area contributed by atoms with Crippen LogP contribution in [-0.2, 0) is 4.79 Å². The van der Waals surface area contributed by atoms with Crippen molar-refractivity contribution in [2.75, 3.05) is 31.7 Å². The Bertz CT molecular complexity index is 1150. The summed E-state index contributed by atoms with van der Waals surface area (Å²) in [7, 11) is 0. The SMILES string of the molecule is Cc1cc(-c2cnc(C)nc2[C@@H]2CCCN(CC(=O)Nc3ccc4c(c3)OCO4)C2)on1. The maximum absolute atomic E-state index is 12.7. The molecule has 0 saturated carbocycles. The molecule has 9 heteroatoms. The number of likely N-dealkylation sites (tertiary alicyclic amines) is 1. The van der Waals surface area contributed by atoms with Crippen molar-refractivity contribution < 1.29 is 18.8 Å². The predicted molar refractivity (Wildman–Crippen MR) is 117 cm³/mol. The average Bonchev–Trinajstić information content (AvgIpc) is 3.42. The Morgan fingerprint density at radius 1 is 1.22 bits per heavy atom. The van der Waals surface area contributed by atoms with E-state index in [-0.39, 0.29) is 18.6 Å². The van der Waals surface area contributed by atoms with Gasteiger partial charge in [0.1, 0.15) is 5.82 Å². The molecule has 0 radical (unpaired) electrons.